The van der Waals surface area contributed by atoms with Gasteiger partial charge in [-0.1, -0.05) is 36.4 Å². The maximum atomic E-state index is 12.9. The summed E-state index contributed by atoms with van der Waals surface area (Å²) < 4.78 is 5.40. The summed E-state index contributed by atoms with van der Waals surface area (Å²) in [6.07, 6.45) is 1.37. The van der Waals surface area contributed by atoms with Gasteiger partial charge in [0.1, 0.15) is 5.75 Å². The number of carbonyl (C=O) groups excluding carboxylic acids is 2. The number of methoxy groups -OCH3 is 1. The van der Waals surface area contributed by atoms with Gasteiger partial charge >= 0.3 is 0 Å². The van der Waals surface area contributed by atoms with Crippen LogP contribution < -0.4 is 15.0 Å². The Morgan fingerprint density at radius 3 is 2.67 bits per heavy atom. The monoisotopic (exact) mass is 360 g/mol. The molecular weight excluding hydrogens is 340 g/mol. The molecule has 0 spiro atoms. The average Bonchev–Trinajstić information content (AvgIpc) is 3.13. The molecule has 0 bridgehead atoms. The Balaban J connectivity index is 1.66. The van der Waals surface area contributed by atoms with Gasteiger partial charge in [-0.3, -0.25) is 9.59 Å². The molecule has 136 valence electrons. The quantitative estimate of drug-likeness (QED) is 0.757. The Morgan fingerprint density at radius 2 is 1.89 bits per heavy atom. The molecular formula is C22H20N2O3. The summed E-state index contributed by atoms with van der Waals surface area (Å²) in [7, 11) is 1.58. The number of fused-ring (bicyclic) bond motifs is 1. The number of nitrogens with one attached hydrogen (secondary N) is 1. The number of carbonyl (C=O) groups is 2. The SMILES string of the molecule is COc1ccc(NC(=O)c2cccc3ccccc23)cc1N1CCCC1=O. The van der Waals surface area contributed by atoms with Crippen LogP contribution >= 0.6 is 0 Å². The van der Waals surface area contributed by atoms with Crippen molar-refractivity contribution in [2.75, 3.05) is 23.9 Å². The molecule has 0 aromatic heterocycles. The van der Waals surface area contributed by atoms with Crippen molar-refractivity contribution in [2.24, 2.45) is 0 Å². The minimum absolute atomic E-state index is 0.0748. The van der Waals surface area contributed by atoms with Gasteiger partial charge in [-0.05, 0) is 41.5 Å². The number of hydrogen-bond acceptors (Lipinski definition) is 3. The molecule has 3 aromatic carbocycles. The minimum Gasteiger partial charge on any atom is -0.495 e. The van der Waals surface area contributed by atoms with Crippen molar-refractivity contribution >= 4 is 34.0 Å². The van der Waals surface area contributed by atoms with E-state index in [4.69, 9.17) is 4.74 Å². The number of anilines is 2. The van der Waals surface area contributed by atoms with E-state index in [1.807, 2.05) is 42.5 Å². The van der Waals surface area contributed by atoms with Crippen LogP contribution in [0.3, 0.4) is 0 Å². The first-order valence-corrected chi connectivity index (χ1v) is 8.95. The minimum atomic E-state index is -0.185. The molecule has 1 heterocycles. The molecule has 1 aliphatic heterocycles. The first-order chi connectivity index (χ1) is 13.2. The van der Waals surface area contributed by atoms with Gasteiger partial charge in [-0.15, -0.1) is 0 Å². The van der Waals surface area contributed by atoms with Crippen LogP contribution in [0.2, 0.25) is 0 Å². The molecule has 0 radical (unpaired) electrons. The number of hydrogen-bond donors (Lipinski definition) is 1. The topological polar surface area (TPSA) is 58.6 Å². The van der Waals surface area contributed by atoms with E-state index in [2.05, 4.69) is 5.32 Å². The molecule has 2 amide bonds. The van der Waals surface area contributed by atoms with Gasteiger partial charge in [-0.25, -0.2) is 0 Å². The molecule has 1 fully saturated rings. The predicted octanol–water partition coefficient (Wildman–Crippen LogP) is 4.23. The Bertz CT molecular complexity index is 1020. The van der Waals surface area contributed by atoms with Gasteiger partial charge in [0.25, 0.3) is 5.91 Å². The lowest BCUT2D eigenvalue weighted by Crippen LogP contribution is -2.24. The van der Waals surface area contributed by atoms with Crippen LogP contribution in [0, 0.1) is 0 Å². The van der Waals surface area contributed by atoms with Crippen molar-refractivity contribution in [3.63, 3.8) is 0 Å². The van der Waals surface area contributed by atoms with E-state index in [-0.39, 0.29) is 11.8 Å². The van der Waals surface area contributed by atoms with Gasteiger partial charge in [0.2, 0.25) is 5.91 Å². The summed E-state index contributed by atoms with van der Waals surface area (Å²) in [4.78, 5) is 26.7. The number of nitrogens with zero attached hydrogens (tertiary/aromatic N) is 1. The number of rotatable bonds is 4. The second kappa shape index (κ2) is 7.11. The van der Waals surface area contributed by atoms with Crippen molar-refractivity contribution in [2.45, 2.75) is 12.8 Å². The van der Waals surface area contributed by atoms with Crippen LogP contribution in [0.5, 0.6) is 5.75 Å². The van der Waals surface area contributed by atoms with Gasteiger partial charge in [-0.2, -0.15) is 0 Å². The highest BCUT2D eigenvalue weighted by molar-refractivity contribution is 6.13. The van der Waals surface area contributed by atoms with E-state index >= 15 is 0 Å². The Kier molecular flexibility index (Phi) is 4.50. The summed E-state index contributed by atoms with van der Waals surface area (Å²) in [5.74, 6) is 0.509. The lowest BCUT2D eigenvalue weighted by atomic mass is 10.0. The molecule has 1 aliphatic rings. The summed E-state index contributed by atoms with van der Waals surface area (Å²) >= 11 is 0. The average molecular weight is 360 g/mol. The van der Waals surface area contributed by atoms with E-state index in [9.17, 15) is 9.59 Å². The van der Waals surface area contributed by atoms with Crippen molar-refractivity contribution in [1.82, 2.24) is 0 Å². The Labute approximate surface area is 157 Å². The zero-order chi connectivity index (χ0) is 18.8. The van der Waals surface area contributed by atoms with Gasteiger partial charge in [0, 0.05) is 24.2 Å². The zero-order valence-electron chi connectivity index (χ0n) is 15.1. The first kappa shape index (κ1) is 17.1. The molecule has 0 aliphatic carbocycles. The lowest BCUT2D eigenvalue weighted by molar-refractivity contribution is -0.117. The summed E-state index contributed by atoms with van der Waals surface area (Å²) in [6.45, 7) is 0.663. The van der Waals surface area contributed by atoms with Crippen molar-refractivity contribution in [3.05, 3.63) is 66.2 Å². The zero-order valence-corrected chi connectivity index (χ0v) is 15.1. The standard InChI is InChI=1S/C22H20N2O3/c1-27-20-12-11-16(14-19(20)24-13-5-10-21(24)25)23-22(26)18-9-4-7-15-6-2-3-8-17(15)18/h2-4,6-9,11-12,14H,5,10,13H2,1H3,(H,23,26). The molecule has 0 atom stereocenters. The molecule has 0 unspecified atom stereocenters. The normalized spacial score (nSPS) is 13.8. The summed E-state index contributed by atoms with van der Waals surface area (Å²) in [5, 5.41) is 4.87. The maximum absolute atomic E-state index is 12.9. The van der Waals surface area contributed by atoms with Gasteiger partial charge in [0.15, 0.2) is 0 Å². The third-order valence-electron chi connectivity index (χ3n) is 4.84. The van der Waals surface area contributed by atoms with Crippen molar-refractivity contribution in [1.29, 1.82) is 0 Å². The Morgan fingerprint density at radius 1 is 1.07 bits per heavy atom. The molecule has 1 N–H and O–H groups in total. The van der Waals surface area contributed by atoms with E-state index in [1.54, 1.807) is 30.2 Å². The predicted molar refractivity (Wildman–Crippen MR) is 106 cm³/mol. The molecule has 3 aromatic rings. The van der Waals surface area contributed by atoms with Crippen LogP contribution in [-0.2, 0) is 4.79 Å². The second-order valence-electron chi connectivity index (χ2n) is 6.52. The largest absolute Gasteiger partial charge is 0.495 e. The van der Waals surface area contributed by atoms with Crippen molar-refractivity contribution < 1.29 is 14.3 Å². The molecule has 4 rings (SSSR count). The third kappa shape index (κ3) is 3.24. The second-order valence-corrected chi connectivity index (χ2v) is 6.52. The van der Waals surface area contributed by atoms with Crippen LogP contribution in [0.1, 0.15) is 23.2 Å². The first-order valence-electron chi connectivity index (χ1n) is 8.95. The molecule has 1 saturated heterocycles. The molecule has 5 nitrogen and oxygen atoms in total. The Hall–Kier alpha value is -3.34. The molecule has 5 heteroatoms. The smallest absolute Gasteiger partial charge is 0.256 e. The van der Waals surface area contributed by atoms with Gasteiger partial charge < -0.3 is 15.0 Å². The maximum Gasteiger partial charge on any atom is 0.256 e. The van der Waals surface area contributed by atoms with E-state index in [1.165, 1.54) is 0 Å². The van der Waals surface area contributed by atoms with Crippen LogP contribution in [0.25, 0.3) is 10.8 Å². The fraction of sp³-hybridized carbons (Fsp3) is 0.182. The summed E-state index contributed by atoms with van der Waals surface area (Å²) in [6, 6.07) is 18.8. The van der Waals surface area contributed by atoms with Crippen LogP contribution in [0.4, 0.5) is 11.4 Å². The fourth-order valence-corrected chi connectivity index (χ4v) is 3.50. The van der Waals surface area contributed by atoms with E-state index in [0.29, 0.717) is 35.7 Å². The van der Waals surface area contributed by atoms with E-state index < -0.39 is 0 Å². The lowest BCUT2D eigenvalue weighted by Gasteiger charge is -2.20. The van der Waals surface area contributed by atoms with Crippen LogP contribution in [-0.4, -0.2) is 25.5 Å². The molecule has 27 heavy (non-hydrogen) atoms. The molecule has 0 saturated carbocycles. The van der Waals surface area contributed by atoms with Crippen LogP contribution in [0.15, 0.2) is 60.7 Å². The van der Waals surface area contributed by atoms with Gasteiger partial charge in [0.05, 0.1) is 12.8 Å². The van der Waals surface area contributed by atoms with E-state index in [0.717, 1.165) is 17.2 Å². The number of ether oxygens (including phenoxy) is 1. The highest BCUT2D eigenvalue weighted by Crippen LogP contribution is 2.34. The third-order valence-corrected chi connectivity index (χ3v) is 4.84. The summed E-state index contributed by atoms with van der Waals surface area (Å²) in [5.41, 5.74) is 1.93. The fourth-order valence-electron chi connectivity index (χ4n) is 3.50. The number of amides is 2. The highest BCUT2D eigenvalue weighted by atomic mass is 16.5. The number of benzene rings is 3. The highest BCUT2D eigenvalue weighted by Gasteiger charge is 2.25. The van der Waals surface area contributed by atoms with Crippen molar-refractivity contribution in [3.8, 4) is 5.75 Å².